The molecular formula is C7H11ClO2. The van der Waals surface area contributed by atoms with Crippen molar-refractivity contribution < 1.29 is 9.47 Å². The van der Waals surface area contributed by atoms with Crippen molar-refractivity contribution in [2.24, 2.45) is 0 Å². The zero-order valence-corrected chi connectivity index (χ0v) is 6.67. The lowest BCUT2D eigenvalue weighted by Crippen LogP contribution is -2.12. The maximum Gasteiger partial charge on any atom is 0.177 e. The molecule has 0 spiro atoms. The first-order valence-electron chi connectivity index (χ1n) is 3.32. The predicted octanol–water partition coefficient (Wildman–Crippen LogP) is 1.54. The second-order valence-electron chi connectivity index (χ2n) is 2.14. The summed E-state index contributed by atoms with van der Waals surface area (Å²) in [6.45, 7) is 2.54. The van der Waals surface area contributed by atoms with E-state index in [0.29, 0.717) is 12.5 Å². The SMILES string of the molecule is C/C=C\[C@H]1OC[C@H](CCl)O1. The molecule has 10 heavy (non-hydrogen) atoms. The van der Waals surface area contributed by atoms with E-state index in [0.717, 1.165) is 0 Å². The summed E-state index contributed by atoms with van der Waals surface area (Å²) in [5, 5.41) is 0. The highest BCUT2D eigenvalue weighted by atomic mass is 35.5. The van der Waals surface area contributed by atoms with E-state index in [-0.39, 0.29) is 12.4 Å². The summed E-state index contributed by atoms with van der Waals surface area (Å²) >= 11 is 5.54. The van der Waals surface area contributed by atoms with E-state index in [1.165, 1.54) is 0 Å². The lowest BCUT2D eigenvalue weighted by atomic mass is 10.4. The van der Waals surface area contributed by atoms with Gasteiger partial charge in [0.05, 0.1) is 18.6 Å². The summed E-state index contributed by atoms with van der Waals surface area (Å²) in [7, 11) is 0. The maximum atomic E-state index is 5.54. The molecule has 0 unspecified atom stereocenters. The van der Waals surface area contributed by atoms with Crippen LogP contribution in [0, 0.1) is 0 Å². The average molecular weight is 163 g/mol. The number of hydrogen-bond donors (Lipinski definition) is 0. The quantitative estimate of drug-likeness (QED) is 0.453. The topological polar surface area (TPSA) is 18.5 Å². The van der Waals surface area contributed by atoms with Crippen LogP contribution >= 0.6 is 11.6 Å². The van der Waals surface area contributed by atoms with Gasteiger partial charge in [-0.25, -0.2) is 0 Å². The van der Waals surface area contributed by atoms with Crippen LogP contribution in [0.4, 0.5) is 0 Å². The van der Waals surface area contributed by atoms with Crippen molar-refractivity contribution in [2.45, 2.75) is 19.3 Å². The van der Waals surface area contributed by atoms with Crippen LogP contribution in [0.5, 0.6) is 0 Å². The third kappa shape index (κ3) is 1.97. The predicted molar refractivity (Wildman–Crippen MR) is 40.1 cm³/mol. The highest BCUT2D eigenvalue weighted by Crippen LogP contribution is 2.13. The number of ether oxygens (including phenoxy) is 2. The normalized spacial score (nSPS) is 33.8. The van der Waals surface area contributed by atoms with Crippen molar-refractivity contribution in [1.29, 1.82) is 0 Å². The van der Waals surface area contributed by atoms with Gasteiger partial charge in [0.1, 0.15) is 0 Å². The van der Waals surface area contributed by atoms with Gasteiger partial charge in [-0.1, -0.05) is 6.08 Å². The minimum absolute atomic E-state index is 0.0721. The summed E-state index contributed by atoms with van der Waals surface area (Å²) in [5.41, 5.74) is 0. The molecule has 1 aliphatic heterocycles. The summed E-state index contributed by atoms with van der Waals surface area (Å²) in [4.78, 5) is 0. The second kappa shape index (κ2) is 3.96. The highest BCUT2D eigenvalue weighted by molar-refractivity contribution is 6.18. The summed E-state index contributed by atoms with van der Waals surface area (Å²) in [5.74, 6) is 0.508. The van der Waals surface area contributed by atoms with Crippen LogP contribution in [0.2, 0.25) is 0 Å². The molecule has 0 aliphatic carbocycles. The number of rotatable bonds is 2. The third-order valence-corrected chi connectivity index (χ3v) is 1.64. The highest BCUT2D eigenvalue weighted by Gasteiger charge is 2.22. The molecule has 1 aliphatic rings. The van der Waals surface area contributed by atoms with Gasteiger partial charge in [0.2, 0.25) is 0 Å². The van der Waals surface area contributed by atoms with Crippen LogP contribution < -0.4 is 0 Å². The van der Waals surface area contributed by atoms with Crippen molar-refractivity contribution in [2.75, 3.05) is 12.5 Å². The van der Waals surface area contributed by atoms with Crippen LogP contribution in [0.15, 0.2) is 12.2 Å². The van der Waals surface area contributed by atoms with E-state index in [2.05, 4.69) is 0 Å². The largest absolute Gasteiger partial charge is 0.346 e. The van der Waals surface area contributed by atoms with Gasteiger partial charge in [0.25, 0.3) is 0 Å². The molecule has 0 amide bonds. The van der Waals surface area contributed by atoms with Crippen LogP contribution in [0.1, 0.15) is 6.92 Å². The van der Waals surface area contributed by atoms with Gasteiger partial charge in [-0.15, -0.1) is 11.6 Å². The maximum absolute atomic E-state index is 5.54. The van der Waals surface area contributed by atoms with Crippen LogP contribution in [-0.2, 0) is 9.47 Å². The van der Waals surface area contributed by atoms with E-state index < -0.39 is 0 Å². The van der Waals surface area contributed by atoms with E-state index in [9.17, 15) is 0 Å². The molecule has 0 aromatic heterocycles. The number of halogens is 1. The zero-order chi connectivity index (χ0) is 7.40. The fourth-order valence-electron chi connectivity index (χ4n) is 0.809. The van der Waals surface area contributed by atoms with Gasteiger partial charge >= 0.3 is 0 Å². The monoisotopic (exact) mass is 162 g/mol. The molecule has 0 radical (unpaired) electrons. The summed E-state index contributed by atoms with van der Waals surface area (Å²) < 4.78 is 10.5. The molecule has 0 aromatic carbocycles. The standard InChI is InChI=1S/C7H11ClO2/c1-2-3-7-9-5-6(4-8)10-7/h2-3,6-7H,4-5H2,1H3/b3-2-/t6-,7-/m0/s1. The van der Waals surface area contributed by atoms with E-state index in [4.69, 9.17) is 21.1 Å². The molecular weight excluding hydrogens is 152 g/mol. The van der Waals surface area contributed by atoms with Crippen LogP contribution in [-0.4, -0.2) is 24.9 Å². The Morgan fingerprint density at radius 1 is 1.70 bits per heavy atom. The van der Waals surface area contributed by atoms with E-state index in [1.807, 2.05) is 19.1 Å². The number of alkyl halides is 1. The van der Waals surface area contributed by atoms with Gasteiger partial charge < -0.3 is 9.47 Å². The van der Waals surface area contributed by atoms with E-state index in [1.54, 1.807) is 0 Å². The Kier molecular flexibility index (Phi) is 3.19. The molecule has 0 bridgehead atoms. The fourth-order valence-corrected chi connectivity index (χ4v) is 0.971. The molecule has 2 nitrogen and oxygen atoms in total. The van der Waals surface area contributed by atoms with Crippen molar-refractivity contribution in [1.82, 2.24) is 0 Å². The number of hydrogen-bond acceptors (Lipinski definition) is 2. The molecule has 1 fully saturated rings. The first kappa shape index (κ1) is 8.05. The Labute approximate surface area is 65.8 Å². The minimum atomic E-state index is -0.172. The Balaban J connectivity index is 2.28. The van der Waals surface area contributed by atoms with Crippen LogP contribution in [0.25, 0.3) is 0 Å². The zero-order valence-electron chi connectivity index (χ0n) is 5.92. The number of allylic oxidation sites excluding steroid dienone is 1. The fraction of sp³-hybridized carbons (Fsp3) is 0.714. The van der Waals surface area contributed by atoms with Crippen LogP contribution in [0.3, 0.4) is 0 Å². The Morgan fingerprint density at radius 3 is 3.00 bits per heavy atom. The molecule has 1 heterocycles. The van der Waals surface area contributed by atoms with Gasteiger partial charge in [0, 0.05) is 0 Å². The summed E-state index contributed by atoms with van der Waals surface area (Å²) in [6.07, 6.45) is 3.67. The lowest BCUT2D eigenvalue weighted by molar-refractivity contribution is -0.0156. The van der Waals surface area contributed by atoms with Gasteiger partial charge in [-0.3, -0.25) is 0 Å². The third-order valence-electron chi connectivity index (χ3n) is 1.29. The van der Waals surface area contributed by atoms with Crippen molar-refractivity contribution in [3.8, 4) is 0 Å². The minimum Gasteiger partial charge on any atom is -0.346 e. The lowest BCUT2D eigenvalue weighted by Gasteiger charge is -2.03. The molecule has 0 N–H and O–H groups in total. The first-order chi connectivity index (χ1) is 4.86. The summed E-state index contributed by atoms with van der Waals surface area (Å²) in [6, 6.07) is 0. The molecule has 3 heteroatoms. The Morgan fingerprint density at radius 2 is 2.50 bits per heavy atom. The van der Waals surface area contributed by atoms with Gasteiger partial charge in [-0.2, -0.15) is 0 Å². The van der Waals surface area contributed by atoms with Crippen molar-refractivity contribution in [3.05, 3.63) is 12.2 Å². The average Bonchev–Trinajstić information content (AvgIpc) is 2.37. The first-order valence-corrected chi connectivity index (χ1v) is 3.86. The molecule has 1 rings (SSSR count). The molecule has 1 saturated heterocycles. The molecule has 0 aromatic rings. The molecule has 2 atom stereocenters. The van der Waals surface area contributed by atoms with Gasteiger partial charge in [-0.05, 0) is 13.0 Å². The Bertz CT molecular complexity index is 125. The van der Waals surface area contributed by atoms with Crippen molar-refractivity contribution in [3.63, 3.8) is 0 Å². The van der Waals surface area contributed by atoms with E-state index >= 15 is 0 Å². The van der Waals surface area contributed by atoms with Gasteiger partial charge in [0.15, 0.2) is 6.29 Å². The second-order valence-corrected chi connectivity index (χ2v) is 2.45. The van der Waals surface area contributed by atoms with Crippen molar-refractivity contribution >= 4 is 11.6 Å². The smallest absolute Gasteiger partial charge is 0.177 e. The Hall–Kier alpha value is -0.0500. The molecule has 58 valence electrons. The molecule has 0 saturated carbocycles.